The van der Waals surface area contributed by atoms with Gasteiger partial charge in [-0.05, 0) is 60.3 Å². The van der Waals surface area contributed by atoms with Gasteiger partial charge in [0.25, 0.3) is 0 Å². The summed E-state index contributed by atoms with van der Waals surface area (Å²) in [4.78, 5) is 12.7. The van der Waals surface area contributed by atoms with Gasteiger partial charge < -0.3 is 5.32 Å². The van der Waals surface area contributed by atoms with E-state index in [1.165, 1.54) is 25.6 Å². The number of nitrogens with zero attached hydrogens (tertiary/aromatic N) is 1. The molecule has 2 aliphatic rings. The van der Waals surface area contributed by atoms with Gasteiger partial charge in [0.15, 0.2) is 0 Å². The molecule has 0 radical (unpaired) electrons. The zero-order valence-electron chi connectivity index (χ0n) is 15.8. The van der Waals surface area contributed by atoms with E-state index in [0.717, 1.165) is 21.6 Å². The van der Waals surface area contributed by atoms with Gasteiger partial charge in [0, 0.05) is 17.6 Å². The lowest BCUT2D eigenvalue weighted by molar-refractivity contribution is -0.122. The Hall–Kier alpha value is -0.920. The van der Waals surface area contributed by atoms with Crippen molar-refractivity contribution < 1.29 is 13.2 Å². The average Bonchev–Trinajstić information content (AvgIpc) is 2.88. The van der Waals surface area contributed by atoms with Crippen LogP contribution in [0.4, 0.5) is 0 Å². The van der Waals surface area contributed by atoms with Crippen LogP contribution in [0.5, 0.6) is 0 Å². The molecule has 2 fully saturated rings. The molecule has 144 valence electrons. The molecule has 26 heavy (non-hydrogen) atoms. The largest absolute Gasteiger partial charge is 0.352 e. The molecule has 1 aromatic carbocycles. The molecule has 1 aromatic rings. The first kappa shape index (κ1) is 19.8. The molecule has 7 heteroatoms. The molecule has 1 amide bonds. The molecule has 0 saturated heterocycles. The second-order valence-corrected chi connectivity index (χ2v) is 11.4. The number of fused-ring (bicyclic) bond motifs is 2. The zero-order valence-corrected chi connectivity index (χ0v) is 18.2. The van der Waals surface area contributed by atoms with E-state index in [4.69, 9.17) is 0 Å². The molecule has 0 heterocycles. The first-order valence-electron chi connectivity index (χ1n) is 9.00. The Kier molecular flexibility index (Phi) is 5.04. The zero-order chi connectivity index (χ0) is 19.3. The van der Waals surface area contributed by atoms with Gasteiger partial charge in [0.05, 0.1) is 11.4 Å². The van der Waals surface area contributed by atoms with Crippen LogP contribution in [0, 0.1) is 16.7 Å². The molecule has 0 aromatic heterocycles. The summed E-state index contributed by atoms with van der Waals surface area (Å²) in [5, 5.41) is 3.12. The Morgan fingerprint density at radius 1 is 1.27 bits per heavy atom. The molecular weight excluding hydrogens is 416 g/mol. The third-order valence-electron chi connectivity index (χ3n) is 7.02. The predicted octanol–water partition coefficient (Wildman–Crippen LogP) is 3.40. The molecule has 0 aliphatic heterocycles. The maximum absolute atomic E-state index is 12.6. The molecule has 2 saturated carbocycles. The third-order valence-corrected chi connectivity index (χ3v) is 9.36. The SMILES string of the molecule is CN(CC(=O)NC1CC2CCC1(C)C2(C)C)S(=O)(=O)c1ccc(Br)cc1. The van der Waals surface area contributed by atoms with Crippen LogP contribution in [-0.2, 0) is 14.8 Å². The predicted molar refractivity (Wildman–Crippen MR) is 105 cm³/mol. The number of hydrogen-bond donors (Lipinski definition) is 1. The smallest absolute Gasteiger partial charge is 0.243 e. The summed E-state index contributed by atoms with van der Waals surface area (Å²) in [7, 11) is -2.23. The monoisotopic (exact) mass is 442 g/mol. The lowest BCUT2D eigenvalue weighted by Crippen LogP contribution is -2.49. The van der Waals surface area contributed by atoms with Crippen LogP contribution in [0.3, 0.4) is 0 Å². The second-order valence-electron chi connectivity index (χ2n) is 8.45. The Balaban J connectivity index is 1.66. The van der Waals surface area contributed by atoms with E-state index < -0.39 is 10.0 Å². The van der Waals surface area contributed by atoms with E-state index in [9.17, 15) is 13.2 Å². The van der Waals surface area contributed by atoms with Gasteiger partial charge in [-0.3, -0.25) is 4.79 Å². The minimum atomic E-state index is -3.68. The van der Waals surface area contributed by atoms with E-state index in [0.29, 0.717) is 5.92 Å². The van der Waals surface area contributed by atoms with Crippen LogP contribution < -0.4 is 5.32 Å². The van der Waals surface area contributed by atoms with Gasteiger partial charge >= 0.3 is 0 Å². The summed E-state index contributed by atoms with van der Waals surface area (Å²) in [5.41, 5.74) is 0.289. The Morgan fingerprint density at radius 3 is 2.38 bits per heavy atom. The highest BCUT2D eigenvalue weighted by atomic mass is 79.9. The van der Waals surface area contributed by atoms with Crippen LogP contribution in [0.25, 0.3) is 0 Å². The Labute approximate surface area is 164 Å². The lowest BCUT2D eigenvalue weighted by Gasteiger charge is -2.39. The van der Waals surface area contributed by atoms with E-state index in [-0.39, 0.29) is 34.2 Å². The maximum Gasteiger partial charge on any atom is 0.243 e. The molecule has 5 nitrogen and oxygen atoms in total. The number of amides is 1. The Bertz CT molecular complexity index is 807. The number of likely N-dealkylation sites (N-methyl/N-ethyl adjacent to an activating group) is 1. The van der Waals surface area contributed by atoms with Crippen molar-refractivity contribution in [2.75, 3.05) is 13.6 Å². The van der Waals surface area contributed by atoms with Gasteiger partial charge in [-0.15, -0.1) is 0 Å². The number of rotatable bonds is 5. The molecule has 0 spiro atoms. The number of halogens is 1. The first-order valence-corrected chi connectivity index (χ1v) is 11.2. The van der Waals surface area contributed by atoms with Crippen molar-refractivity contribution in [3.8, 4) is 0 Å². The Morgan fingerprint density at radius 2 is 1.88 bits per heavy atom. The summed E-state index contributed by atoms with van der Waals surface area (Å²) in [6.45, 7) is 6.67. The fourth-order valence-electron chi connectivity index (χ4n) is 4.74. The standard InChI is InChI=1S/C19H27BrN2O3S/c1-18(2)13-9-10-19(18,3)16(11-13)21-17(23)12-22(4)26(24,25)15-7-5-14(20)6-8-15/h5-8,13,16H,9-12H2,1-4H3,(H,21,23). The van der Waals surface area contributed by atoms with Gasteiger partial charge in [-0.1, -0.05) is 36.7 Å². The number of hydrogen-bond acceptors (Lipinski definition) is 3. The fourth-order valence-corrected chi connectivity index (χ4v) is 6.13. The van der Waals surface area contributed by atoms with Crippen LogP contribution >= 0.6 is 15.9 Å². The van der Waals surface area contributed by atoms with Crippen molar-refractivity contribution in [2.45, 2.75) is 51.0 Å². The minimum absolute atomic E-state index is 0.0798. The summed E-state index contributed by atoms with van der Waals surface area (Å²) < 4.78 is 27.2. The second kappa shape index (κ2) is 6.60. The molecule has 3 rings (SSSR count). The summed E-state index contributed by atoms with van der Waals surface area (Å²) in [5.74, 6) is 0.393. The van der Waals surface area contributed by atoms with Gasteiger partial charge in [0.2, 0.25) is 15.9 Å². The number of benzene rings is 1. The van der Waals surface area contributed by atoms with E-state index in [1.807, 2.05) is 0 Å². The van der Waals surface area contributed by atoms with Crippen molar-refractivity contribution in [1.29, 1.82) is 0 Å². The van der Waals surface area contributed by atoms with Crippen LogP contribution in [-0.4, -0.2) is 38.3 Å². The maximum atomic E-state index is 12.6. The summed E-state index contributed by atoms with van der Waals surface area (Å²) >= 11 is 3.30. The van der Waals surface area contributed by atoms with Crippen molar-refractivity contribution in [3.63, 3.8) is 0 Å². The van der Waals surface area contributed by atoms with E-state index in [1.54, 1.807) is 12.1 Å². The number of carbonyl (C=O) groups is 1. The van der Waals surface area contributed by atoms with Crippen molar-refractivity contribution in [2.24, 2.45) is 16.7 Å². The average molecular weight is 443 g/mol. The number of nitrogens with one attached hydrogen (secondary N) is 1. The highest BCUT2D eigenvalue weighted by Crippen LogP contribution is 2.65. The number of sulfonamides is 1. The normalized spacial score (nSPS) is 29.9. The highest BCUT2D eigenvalue weighted by Gasteiger charge is 2.61. The van der Waals surface area contributed by atoms with Crippen molar-refractivity contribution in [1.82, 2.24) is 9.62 Å². The summed E-state index contributed by atoms with van der Waals surface area (Å²) in [6.07, 6.45) is 3.31. The van der Waals surface area contributed by atoms with Crippen molar-refractivity contribution in [3.05, 3.63) is 28.7 Å². The first-order chi connectivity index (χ1) is 12.0. The summed E-state index contributed by atoms with van der Waals surface area (Å²) in [6, 6.07) is 6.55. The molecular formula is C19H27BrN2O3S. The topological polar surface area (TPSA) is 66.5 Å². The van der Waals surface area contributed by atoms with Gasteiger partial charge in [-0.25, -0.2) is 8.42 Å². The molecule has 2 aliphatic carbocycles. The van der Waals surface area contributed by atoms with E-state index >= 15 is 0 Å². The third kappa shape index (κ3) is 3.12. The van der Waals surface area contributed by atoms with Gasteiger partial charge in [0.1, 0.15) is 0 Å². The van der Waals surface area contributed by atoms with Crippen LogP contribution in [0.15, 0.2) is 33.6 Å². The quantitative estimate of drug-likeness (QED) is 0.759. The minimum Gasteiger partial charge on any atom is -0.352 e. The van der Waals surface area contributed by atoms with Crippen LogP contribution in [0.2, 0.25) is 0 Å². The van der Waals surface area contributed by atoms with Gasteiger partial charge in [-0.2, -0.15) is 4.31 Å². The molecule has 3 atom stereocenters. The fraction of sp³-hybridized carbons (Fsp3) is 0.632. The highest BCUT2D eigenvalue weighted by molar-refractivity contribution is 9.10. The molecule has 2 bridgehead atoms. The van der Waals surface area contributed by atoms with Crippen LogP contribution in [0.1, 0.15) is 40.0 Å². The van der Waals surface area contributed by atoms with Crippen molar-refractivity contribution >= 4 is 31.9 Å². The molecule has 3 unspecified atom stereocenters. The lowest BCUT2D eigenvalue weighted by atomic mass is 9.69. The number of carbonyl (C=O) groups excluding carboxylic acids is 1. The van der Waals surface area contributed by atoms with E-state index in [2.05, 4.69) is 42.0 Å². The molecule has 1 N–H and O–H groups in total.